The molecule has 0 aromatic heterocycles. The van der Waals surface area contributed by atoms with Crippen molar-refractivity contribution >= 4 is 65.9 Å². The van der Waals surface area contributed by atoms with Crippen molar-refractivity contribution in [3.63, 3.8) is 0 Å². The summed E-state index contributed by atoms with van der Waals surface area (Å²) in [5.74, 6) is -2.73. The van der Waals surface area contributed by atoms with Gasteiger partial charge in [0.15, 0.2) is 18.3 Å². The first-order valence-electron chi connectivity index (χ1n) is 31.2. The predicted molar refractivity (Wildman–Crippen MR) is 334 cm³/mol. The Morgan fingerprint density at radius 2 is 1.16 bits per heavy atom. The molecule has 34 nitrogen and oxygen atoms in total. The smallest absolute Gasteiger partial charge is 0.480 e. The molecular weight excluding hydrogens is 1270 g/mol. The Morgan fingerprint density at radius 3 is 1.67 bits per heavy atom. The first kappa shape index (κ1) is 79.9. The number of amides is 6. The van der Waals surface area contributed by atoms with E-state index in [4.69, 9.17) is 82.2 Å². The summed E-state index contributed by atoms with van der Waals surface area (Å²) < 4.78 is 87.7. The number of nitrogens with one attached hydrogen (secondary N) is 6. The Morgan fingerprint density at radius 1 is 0.667 bits per heavy atom. The number of nitrogens with zero attached hydrogens (tertiary/aromatic N) is 2. The molecular formula is C62H94N8O26. The number of carbonyl (C=O) groups is 10. The molecule has 0 aromatic rings. The number of ether oxygens (including phenoxy) is 16. The van der Waals surface area contributed by atoms with Gasteiger partial charge in [0, 0.05) is 39.0 Å². The van der Waals surface area contributed by atoms with Crippen molar-refractivity contribution in [1.29, 1.82) is 0 Å². The minimum atomic E-state index is -1.40. The molecule has 0 aromatic carbocycles. The van der Waals surface area contributed by atoms with Crippen molar-refractivity contribution in [1.82, 2.24) is 36.8 Å². The summed E-state index contributed by atoms with van der Waals surface area (Å²) in [6.45, 7) is 19.0. The zero-order valence-corrected chi connectivity index (χ0v) is 56.4. The fourth-order valence-corrected chi connectivity index (χ4v) is 9.56. The molecule has 0 bridgehead atoms. The molecule has 0 unspecified atom stereocenters. The van der Waals surface area contributed by atoms with Gasteiger partial charge in [-0.15, -0.1) is 6.42 Å². The average Bonchev–Trinajstić information content (AvgIpc) is 1.18. The van der Waals surface area contributed by atoms with E-state index in [1.54, 1.807) is 53.4 Å². The van der Waals surface area contributed by atoms with Crippen LogP contribution in [0.3, 0.4) is 0 Å². The first-order chi connectivity index (χ1) is 45.5. The molecule has 6 N–H and O–H groups in total. The lowest BCUT2D eigenvalue weighted by Crippen LogP contribution is -2.64. The molecule has 4 aliphatic heterocycles. The second kappa shape index (κ2) is 40.8. The average molecular weight is 1370 g/mol. The molecule has 6 amide bonds. The maximum atomic E-state index is 13.8. The number of amidine groups is 1. The predicted octanol–water partition coefficient (Wildman–Crippen LogP) is 1.47. The molecule has 0 spiro atoms. The largest absolute Gasteiger partial charge is 0.508 e. The van der Waals surface area contributed by atoms with Gasteiger partial charge in [-0.05, 0) is 79.9 Å². The second-order valence-corrected chi connectivity index (χ2v) is 23.9. The molecule has 4 aliphatic rings. The van der Waals surface area contributed by atoms with E-state index in [0.717, 1.165) is 14.2 Å². The summed E-state index contributed by atoms with van der Waals surface area (Å²) in [4.78, 5) is 135. The molecule has 2 saturated heterocycles. The van der Waals surface area contributed by atoms with Crippen molar-refractivity contribution in [3.05, 3.63) is 36.1 Å². The number of methoxy groups -OCH3 is 2. The van der Waals surface area contributed by atoms with Gasteiger partial charge in [-0.25, -0.2) is 28.8 Å². The van der Waals surface area contributed by atoms with Crippen LogP contribution in [-0.2, 0) is 105 Å². The third kappa shape index (κ3) is 29.7. The highest BCUT2D eigenvalue weighted by atomic mass is 16.8. The Hall–Kier alpha value is -8.49. The van der Waals surface area contributed by atoms with Gasteiger partial charge < -0.3 is 102 Å². The van der Waals surface area contributed by atoms with Crippen LogP contribution < -0.4 is 31.9 Å². The molecule has 538 valence electrons. The lowest BCUT2D eigenvalue weighted by atomic mass is 9.87. The van der Waals surface area contributed by atoms with Gasteiger partial charge in [-0.2, -0.15) is 0 Å². The van der Waals surface area contributed by atoms with E-state index in [1.807, 2.05) is 0 Å². The van der Waals surface area contributed by atoms with Crippen molar-refractivity contribution < 1.29 is 124 Å². The van der Waals surface area contributed by atoms with Gasteiger partial charge in [0.25, 0.3) is 0 Å². The number of esters is 2. The molecule has 0 aliphatic carbocycles. The van der Waals surface area contributed by atoms with Crippen molar-refractivity contribution in [2.75, 3.05) is 120 Å². The zero-order valence-electron chi connectivity index (χ0n) is 56.4. The standard InChI is InChI=1S/C62H94N8O26/c1-14-23-83-25-27-85-29-30-86-28-26-84-24-18-49(74)70(22-17-20-64-48(73)35-87-52(45-33-89-59(79)93-45)51-37(2)41(31-43(91-51)55(75)81-12)65-38(3)67-57(77)95-61(6,7)8)21-16-15-19-63-47(72)36-88-53(46-34-90-60(80)94-46)54-50(69-40(5)71)42(32-44(92-54)56(76)82-13)66-39(4)68-58(78)96-62(9,10)11/h1,31-32,37,41-42,45-46,50-54,66H,4,15-30,33-36H2,2-3,5-13H3,(H,63,72)(H,64,73)(H,68,78)(H,69,71)(H,65,67,77)/t37-,41+,42+,45-,46-,50-,51-,52-,53-,54-/m1/s1. The maximum absolute atomic E-state index is 13.8. The summed E-state index contributed by atoms with van der Waals surface area (Å²) in [7, 11) is 2.25. The monoisotopic (exact) mass is 1370 g/mol. The summed E-state index contributed by atoms with van der Waals surface area (Å²) in [6, 6.07) is -3.09. The maximum Gasteiger partial charge on any atom is 0.508 e. The molecule has 0 radical (unpaired) electrons. The molecule has 10 atom stereocenters. The van der Waals surface area contributed by atoms with Crippen LogP contribution in [-0.4, -0.2) is 256 Å². The summed E-state index contributed by atoms with van der Waals surface area (Å²) in [5.41, 5.74) is -1.67. The SMILES string of the molecule is C#CCOCCOCCOCCOCCC(=O)N(CCCCNC(=O)CO[C@@H]([C@@H]1OC(C(=O)OC)=C[C@H](NC(=C)NC(=O)OC(C)(C)C)[C@H]1NC(C)=O)[C@H]1COC(=O)O1)CCCNC(=O)CO[C@@H]([C@@H]1OC(C(=O)OC)=C[C@H](N=C(C)NC(=O)OC(C)(C)C)[C@H]1C)[C@H]1COC(=O)O1. The highest BCUT2D eigenvalue weighted by Gasteiger charge is 2.50. The number of hydrogen-bond donors (Lipinski definition) is 6. The topological polar surface area (TPSA) is 406 Å². The number of unbranched alkanes of at least 4 members (excludes halogenated alkanes) is 1. The van der Waals surface area contributed by atoms with Crippen LogP contribution in [0.4, 0.5) is 19.2 Å². The molecule has 2 fully saturated rings. The van der Waals surface area contributed by atoms with Crippen LogP contribution in [0, 0.1) is 18.3 Å². The highest BCUT2D eigenvalue weighted by Crippen LogP contribution is 2.33. The van der Waals surface area contributed by atoms with E-state index in [2.05, 4.69) is 49.4 Å². The van der Waals surface area contributed by atoms with Crippen molar-refractivity contribution in [3.8, 4) is 12.3 Å². The normalized spacial score (nSPS) is 21.3. The highest BCUT2D eigenvalue weighted by molar-refractivity contribution is 5.94. The molecule has 96 heavy (non-hydrogen) atoms. The first-order valence-corrected chi connectivity index (χ1v) is 31.2. The number of aliphatic imine (C=N–C) groups is 1. The van der Waals surface area contributed by atoms with Gasteiger partial charge in [-0.1, -0.05) is 19.4 Å². The third-order valence-electron chi connectivity index (χ3n) is 13.8. The molecule has 0 saturated carbocycles. The molecule has 4 heterocycles. The van der Waals surface area contributed by atoms with E-state index in [1.165, 1.54) is 26.0 Å². The minimum absolute atomic E-state index is 0.00607. The van der Waals surface area contributed by atoms with Crippen LogP contribution >= 0.6 is 0 Å². The van der Waals surface area contributed by atoms with Gasteiger partial charge >= 0.3 is 36.4 Å². The van der Waals surface area contributed by atoms with E-state index in [-0.39, 0.29) is 108 Å². The minimum Gasteiger partial charge on any atom is -0.480 e. The Kier molecular flexibility index (Phi) is 34.0. The molecule has 34 heteroatoms. The molecule has 4 rings (SSSR count). The van der Waals surface area contributed by atoms with Crippen molar-refractivity contribution in [2.45, 2.75) is 154 Å². The van der Waals surface area contributed by atoms with E-state index >= 15 is 0 Å². The second-order valence-electron chi connectivity index (χ2n) is 23.9. The van der Waals surface area contributed by atoms with Crippen LogP contribution in [0.25, 0.3) is 0 Å². The zero-order chi connectivity index (χ0) is 71.0. The fraction of sp³-hybridized carbons (Fsp3) is 0.694. The van der Waals surface area contributed by atoms with Gasteiger partial charge in [0.2, 0.25) is 35.1 Å². The number of hydrogen-bond acceptors (Lipinski definition) is 28. The number of carbonyl (C=O) groups excluding carboxylic acids is 10. The van der Waals surface area contributed by atoms with Crippen LogP contribution in [0.5, 0.6) is 0 Å². The van der Waals surface area contributed by atoms with Crippen LogP contribution in [0.2, 0.25) is 0 Å². The Bertz CT molecular complexity index is 2780. The van der Waals surface area contributed by atoms with Crippen molar-refractivity contribution in [2.24, 2.45) is 10.9 Å². The van der Waals surface area contributed by atoms with Gasteiger partial charge in [-0.3, -0.25) is 34.8 Å². The Balaban J connectivity index is 1.40. The lowest BCUT2D eigenvalue weighted by Gasteiger charge is -2.41. The lowest BCUT2D eigenvalue weighted by molar-refractivity contribution is -0.156. The summed E-state index contributed by atoms with van der Waals surface area (Å²) in [6.07, 6.45) is -2.28. The fourth-order valence-electron chi connectivity index (χ4n) is 9.56. The third-order valence-corrected chi connectivity index (χ3v) is 13.8. The summed E-state index contributed by atoms with van der Waals surface area (Å²) in [5, 5.41) is 16.2. The quantitative estimate of drug-likeness (QED) is 0.0127. The number of cyclic esters (lactones) is 4. The van der Waals surface area contributed by atoms with Gasteiger partial charge in [0.1, 0.15) is 74.2 Å². The van der Waals surface area contributed by atoms with E-state index < -0.39 is 139 Å². The van der Waals surface area contributed by atoms with E-state index in [0.29, 0.717) is 39.3 Å². The Labute approximate surface area is 557 Å². The number of rotatable bonds is 39. The van der Waals surface area contributed by atoms with Crippen LogP contribution in [0.15, 0.2) is 41.1 Å². The number of terminal acetylenes is 1. The van der Waals surface area contributed by atoms with Gasteiger partial charge in [0.05, 0.1) is 85.0 Å². The van der Waals surface area contributed by atoms with E-state index in [9.17, 15) is 47.9 Å². The number of alkyl carbamates (subject to hydrolysis) is 2. The summed E-state index contributed by atoms with van der Waals surface area (Å²) >= 11 is 0. The van der Waals surface area contributed by atoms with Crippen LogP contribution in [0.1, 0.15) is 88.0 Å².